The van der Waals surface area contributed by atoms with E-state index >= 15 is 0 Å². The molecule has 1 amide bonds. The van der Waals surface area contributed by atoms with Crippen molar-refractivity contribution in [2.75, 3.05) is 18.1 Å². The monoisotopic (exact) mass is 383 g/mol. The maximum atomic E-state index is 13.4. The van der Waals surface area contributed by atoms with Gasteiger partial charge in [-0.1, -0.05) is 41.9 Å². The van der Waals surface area contributed by atoms with Crippen molar-refractivity contribution < 1.29 is 9.18 Å². The standard InChI is InChI=1S/C18H19ClFNOS2/c19-16-7-5-14(6-8-16)11-23-10-9-21-18(22)13-24-12-15-3-1-2-4-17(15)20/h1-8H,9-13H2,(H,21,22). The Hall–Kier alpha value is -1.17. The van der Waals surface area contributed by atoms with E-state index in [2.05, 4.69) is 5.32 Å². The summed E-state index contributed by atoms with van der Waals surface area (Å²) in [6.07, 6.45) is 0. The minimum atomic E-state index is -0.219. The number of carbonyl (C=O) groups excluding carboxylic acids is 1. The number of hydrogen-bond donors (Lipinski definition) is 1. The number of thioether (sulfide) groups is 2. The zero-order valence-corrected chi connectivity index (χ0v) is 15.5. The van der Waals surface area contributed by atoms with Crippen LogP contribution in [0.25, 0.3) is 0 Å². The summed E-state index contributed by atoms with van der Waals surface area (Å²) in [4.78, 5) is 11.7. The number of rotatable bonds is 9. The van der Waals surface area contributed by atoms with Crippen LogP contribution in [0.2, 0.25) is 5.02 Å². The topological polar surface area (TPSA) is 29.1 Å². The van der Waals surface area contributed by atoms with Gasteiger partial charge in [0.15, 0.2) is 0 Å². The van der Waals surface area contributed by atoms with E-state index in [1.54, 1.807) is 30.0 Å². The summed E-state index contributed by atoms with van der Waals surface area (Å²) in [5, 5.41) is 3.62. The Balaban J connectivity index is 1.53. The normalized spacial score (nSPS) is 10.6. The molecule has 0 aromatic heterocycles. The first-order valence-corrected chi connectivity index (χ1v) is 10.2. The van der Waals surface area contributed by atoms with E-state index in [0.717, 1.165) is 16.5 Å². The van der Waals surface area contributed by atoms with Crippen molar-refractivity contribution >= 4 is 41.0 Å². The molecular weight excluding hydrogens is 365 g/mol. The number of carbonyl (C=O) groups is 1. The van der Waals surface area contributed by atoms with E-state index in [4.69, 9.17) is 11.6 Å². The fourth-order valence-corrected chi connectivity index (χ4v) is 3.74. The zero-order valence-electron chi connectivity index (χ0n) is 13.1. The number of halogens is 2. The molecule has 0 saturated heterocycles. The smallest absolute Gasteiger partial charge is 0.230 e. The molecule has 2 nitrogen and oxygen atoms in total. The number of amides is 1. The average Bonchev–Trinajstić information content (AvgIpc) is 2.58. The van der Waals surface area contributed by atoms with Crippen LogP contribution in [0.5, 0.6) is 0 Å². The molecule has 2 aromatic carbocycles. The summed E-state index contributed by atoms with van der Waals surface area (Å²) in [6, 6.07) is 14.4. The Kier molecular flexibility index (Phi) is 8.50. The fourth-order valence-electron chi connectivity index (χ4n) is 1.95. The van der Waals surface area contributed by atoms with Crippen LogP contribution in [0.4, 0.5) is 4.39 Å². The van der Waals surface area contributed by atoms with Gasteiger partial charge in [-0.05, 0) is 29.3 Å². The Morgan fingerprint density at radius 1 is 1.04 bits per heavy atom. The highest BCUT2D eigenvalue weighted by Gasteiger charge is 2.04. The molecule has 0 spiro atoms. The maximum absolute atomic E-state index is 13.4. The fraction of sp³-hybridized carbons (Fsp3) is 0.278. The van der Waals surface area contributed by atoms with Gasteiger partial charge < -0.3 is 5.32 Å². The van der Waals surface area contributed by atoms with E-state index in [0.29, 0.717) is 23.6 Å². The summed E-state index contributed by atoms with van der Waals surface area (Å²) in [6.45, 7) is 0.636. The van der Waals surface area contributed by atoms with Crippen LogP contribution in [-0.4, -0.2) is 24.0 Å². The quantitative estimate of drug-likeness (QED) is 0.633. The van der Waals surface area contributed by atoms with E-state index < -0.39 is 0 Å². The molecule has 0 aliphatic heterocycles. The lowest BCUT2D eigenvalue weighted by atomic mass is 10.2. The molecule has 0 bridgehead atoms. The lowest BCUT2D eigenvalue weighted by molar-refractivity contribution is -0.118. The van der Waals surface area contributed by atoms with Crippen LogP contribution in [-0.2, 0) is 16.3 Å². The van der Waals surface area contributed by atoms with E-state index in [9.17, 15) is 9.18 Å². The van der Waals surface area contributed by atoms with Crippen molar-refractivity contribution in [3.8, 4) is 0 Å². The molecule has 1 N–H and O–H groups in total. The lowest BCUT2D eigenvalue weighted by Crippen LogP contribution is -2.27. The third-order valence-corrected chi connectivity index (χ3v) is 5.46. The first-order chi connectivity index (χ1) is 11.6. The van der Waals surface area contributed by atoms with Gasteiger partial charge in [-0.3, -0.25) is 4.79 Å². The molecule has 0 fully saturated rings. The third kappa shape index (κ3) is 7.16. The van der Waals surface area contributed by atoms with E-state index in [-0.39, 0.29) is 11.7 Å². The first kappa shape index (κ1) is 19.2. The van der Waals surface area contributed by atoms with Crippen molar-refractivity contribution in [2.45, 2.75) is 11.5 Å². The van der Waals surface area contributed by atoms with Gasteiger partial charge in [0, 0.05) is 28.8 Å². The van der Waals surface area contributed by atoms with Crippen LogP contribution in [0.1, 0.15) is 11.1 Å². The highest BCUT2D eigenvalue weighted by atomic mass is 35.5. The second-order valence-electron chi connectivity index (χ2n) is 5.11. The van der Waals surface area contributed by atoms with Gasteiger partial charge in [-0.15, -0.1) is 11.8 Å². The lowest BCUT2D eigenvalue weighted by Gasteiger charge is -2.06. The minimum Gasteiger partial charge on any atom is -0.355 e. The predicted octanol–water partition coefficient (Wildman–Crippen LogP) is 4.76. The molecule has 128 valence electrons. The molecule has 0 aliphatic carbocycles. The zero-order chi connectivity index (χ0) is 17.2. The van der Waals surface area contributed by atoms with Crippen molar-refractivity contribution in [1.29, 1.82) is 0 Å². The summed E-state index contributed by atoms with van der Waals surface area (Å²) >= 11 is 9.02. The van der Waals surface area contributed by atoms with Crippen LogP contribution in [0.3, 0.4) is 0 Å². The molecule has 0 atom stereocenters. The number of hydrogen-bond acceptors (Lipinski definition) is 3. The molecule has 0 radical (unpaired) electrons. The molecule has 24 heavy (non-hydrogen) atoms. The Labute approximate surface area is 155 Å². The van der Waals surface area contributed by atoms with Gasteiger partial charge in [-0.25, -0.2) is 4.39 Å². The predicted molar refractivity (Wildman–Crippen MR) is 103 cm³/mol. The molecule has 2 aromatic rings. The van der Waals surface area contributed by atoms with Crippen molar-refractivity contribution in [3.63, 3.8) is 0 Å². The minimum absolute atomic E-state index is 0.0107. The largest absolute Gasteiger partial charge is 0.355 e. The highest BCUT2D eigenvalue weighted by molar-refractivity contribution is 7.99. The third-order valence-electron chi connectivity index (χ3n) is 3.20. The number of benzene rings is 2. The van der Waals surface area contributed by atoms with Gasteiger partial charge in [-0.2, -0.15) is 11.8 Å². The highest BCUT2D eigenvalue weighted by Crippen LogP contribution is 2.16. The van der Waals surface area contributed by atoms with E-state index in [1.165, 1.54) is 23.4 Å². The van der Waals surface area contributed by atoms with Crippen LogP contribution >= 0.6 is 35.1 Å². The Bertz CT molecular complexity index is 652. The van der Waals surface area contributed by atoms with Gasteiger partial charge in [0.1, 0.15) is 5.82 Å². The molecular formula is C18H19ClFNOS2. The summed E-state index contributed by atoms with van der Waals surface area (Å²) < 4.78 is 13.4. The molecule has 0 saturated carbocycles. The average molecular weight is 384 g/mol. The molecule has 0 aliphatic rings. The second-order valence-corrected chi connectivity index (χ2v) is 7.64. The molecule has 6 heteroatoms. The number of nitrogens with one attached hydrogen (secondary N) is 1. The molecule has 2 rings (SSSR count). The summed E-state index contributed by atoms with van der Waals surface area (Å²) in [7, 11) is 0. The summed E-state index contributed by atoms with van der Waals surface area (Å²) in [5.74, 6) is 2.37. The van der Waals surface area contributed by atoms with Crippen LogP contribution in [0, 0.1) is 5.82 Å². The van der Waals surface area contributed by atoms with Crippen molar-refractivity contribution in [1.82, 2.24) is 5.32 Å². The van der Waals surface area contributed by atoms with Gasteiger partial charge in [0.25, 0.3) is 0 Å². The Morgan fingerprint density at radius 3 is 2.54 bits per heavy atom. The molecule has 0 heterocycles. The van der Waals surface area contributed by atoms with Crippen LogP contribution < -0.4 is 5.32 Å². The van der Waals surface area contributed by atoms with Crippen LogP contribution in [0.15, 0.2) is 48.5 Å². The van der Waals surface area contributed by atoms with E-state index in [1.807, 2.05) is 24.3 Å². The second kappa shape index (κ2) is 10.6. The Morgan fingerprint density at radius 2 is 1.79 bits per heavy atom. The molecule has 0 unspecified atom stereocenters. The van der Waals surface area contributed by atoms with Gasteiger partial charge in [0.05, 0.1) is 5.75 Å². The maximum Gasteiger partial charge on any atom is 0.230 e. The van der Waals surface area contributed by atoms with Crippen molar-refractivity contribution in [3.05, 3.63) is 70.5 Å². The SMILES string of the molecule is O=C(CSCc1ccccc1F)NCCSCc1ccc(Cl)cc1. The van der Waals surface area contributed by atoms with Crippen molar-refractivity contribution in [2.24, 2.45) is 0 Å². The van der Waals surface area contributed by atoms with Gasteiger partial charge in [0.2, 0.25) is 5.91 Å². The summed E-state index contributed by atoms with van der Waals surface area (Å²) in [5.41, 5.74) is 1.85. The first-order valence-electron chi connectivity index (χ1n) is 7.55. The van der Waals surface area contributed by atoms with Gasteiger partial charge >= 0.3 is 0 Å².